The summed E-state index contributed by atoms with van der Waals surface area (Å²) in [5.74, 6) is 0.559. The van der Waals surface area contributed by atoms with Crippen LogP contribution < -0.4 is 9.64 Å². The monoisotopic (exact) mass is 347 g/mol. The number of carbonyl (C=O) groups excluding carboxylic acids is 1. The maximum Gasteiger partial charge on any atom is 0.266 e. The number of nitrogens with zero attached hydrogens (tertiary/aromatic N) is 3. The number of anilines is 1. The van der Waals surface area contributed by atoms with Gasteiger partial charge in [0.1, 0.15) is 5.75 Å². The number of likely N-dealkylation sites (N-methyl/N-ethyl adjacent to an activating group) is 1. The van der Waals surface area contributed by atoms with Crippen LogP contribution in [-0.2, 0) is 9.53 Å². The molecule has 1 aliphatic heterocycles. The van der Waals surface area contributed by atoms with Crippen molar-refractivity contribution in [3.05, 3.63) is 41.9 Å². The van der Waals surface area contributed by atoms with E-state index in [1.54, 1.807) is 11.1 Å². The molecule has 2 aromatic rings. The summed E-state index contributed by atoms with van der Waals surface area (Å²) < 4.78 is 11.4. The first-order valence-corrected chi connectivity index (χ1v) is 8.78. The first-order chi connectivity index (χ1) is 11.7. The third-order valence-electron chi connectivity index (χ3n) is 3.78. The average Bonchev–Trinajstić information content (AvgIpc) is 3.13. The van der Waals surface area contributed by atoms with E-state index in [4.69, 9.17) is 9.47 Å². The minimum absolute atomic E-state index is 0.0201. The molecule has 0 bridgehead atoms. The minimum atomic E-state index is -0.120. The predicted molar refractivity (Wildman–Crippen MR) is 93.6 cm³/mol. The first kappa shape index (κ1) is 16.9. The molecule has 7 heteroatoms. The summed E-state index contributed by atoms with van der Waals surface area (Å²) >= 11 is 1.44. The topological polar surface area (TPSA) is 54.9 Å². The van der Waals surface area contributed by atoms with Crippen molar-refractivity contribution in [2.75, 3.05) is 44.8 Å². The summed E-state index contributed by atoms with van der Waals surface area (Å²) in [7, 11) is 2.06. The van der Waals surface area contributed by atoms with E-state index in [0.717, 1.165) is 13.1 Å². The molecule has 1 saturated heterocycles. The van der Waals surface area contributed by atoms with E-state index in [2.05, 4.69) is 16.9 Å². The van der Waals surface area contributed by atoms with Crippen molar-refractivity contribution in [2.45, 2.75) is 6.10 Å². The fraction of sp³-hybridized carbons (Fsp3) is 0.412. The van der Waals surface area contributed by atoms with Crippen LogP contribution in [0.25, 0.3) is 0 Å². The maximum atomic E-state index is 12.7. The summed E-state index contributed by atoms with van der Waals surface area (Å²) in [6, 6.07) is 9.34. The van der Waals surface area contributed by atoms with Gasteiger partial charge in [-0.15, -0.1) is 11.3 Å². The van der Waals surface area contributed by atoms with Gasteiger partial charge in [-0.05, 0) is 19.2 Å². The second-order valence-corrected chi connectivity index (χ2v) is 6.55. The number of ether oxygens (including phenoxy) is 2. The summed E-state index contributed by atoms with van der Waals surface area (Å²) in [5, 5.41) is 2.54. The van der Waals surface area contributed by atoms with Gasteiger partial charge in [0.15, 0.2) is 11.7 Å². The van der Waals surface area contributed by atoms with Gasteiger partial charge in [0, 0.05) is 24.7 Å². The molecule has 0 unspecified atom stereocenters. The van der Waals surface area contributed by atoms with E-state index in [1.165, 1.54) is 11.3 Å². The van der Waals surface area contributed by atoms with Crippen LogP contribution in [0.2, 0.25) is 0 Å². The van der Waals surface area contributed by atoms with Gasteiger partial charge < -0.3 is 14.4 Å². The minimum Gasteiger partial charge on any atom is -0.484 e. The van der Waals surface area contributed by atoms with Gasteiger partial charge in [0.2, 0.25) is 0 Å². The Balaban J connectivity index is 1.64. The molecule has 1 aliphatic rings. The lowest BCUT2D eigenvalue weighted by Gasteiger charge is -2.33. The Bertz CT molecular complexity index is 636. The standard InChI is InChI=1S/C17H21N3O3S/c1-19-8-9-22-15(11-19)12-20(17-18-7-10-24-17)16(21)13-23-14-5-3-2-4-6-14/h2-7,10,15H,8-9,11-13H2,1H3/t15-/m1/s1. The van der Waals surface area contributed by atoms with Crippen LogP contribution in [0.4, 0.5) is 5.13 Å². The van der Waals surface area contributed by atoms with Crippen LogP contribution in [0.15, 0.2) is 41.9 Å². The Kier molecular flexibility index (Phi) is 5.79. The number of aromatic nitrogens is 1. The van der Waals surface area contributed by atoms with E-state index in [1.807, 2.05) is 35.7 Å². The normalized spacial score (nSPS) is 18.3. The van der Waals surface area contributed by atoms with Gasteiger partial charge >= 0.3 is 0 Å². The smallest absolute Gasteiger partial charge is 0.266 e. The van der Waals surface area contributed by atoms with Crippen molar-refractivity contribution >= 4 is 22.4 Å². The van der Waals surface area contributed by atoms with Crippen molar-refractivity contribution in [1.29, 1.82) is 0 Å². The Morgan fingerprint density at radius 3 is 3.00 bits per heavy atom. The number of amides is 1. The Morgan fingerprint density at radius 2 is 2.29 bits per heavy atom. The fourth-order valence-corrected chi connectivity index (χ4v) is 3.23. The zero-order chi connectivity index (χ0) is 16.8. The van der Waals surface area contributed by atoms with Crippen LogP contribution >= 0.6 is 11.3 Å². The molecule has 3 rings (SSSR count). The fourth-order valence-electron chi connectivity index (χ4n) is 2.56. The lowest BCUT2D eigenvalue weighted by atomic mass is 10.2. The van der Waals surface area contributed by atoms with Crippen molar-refractivity contribution < 1.29 is 14.3 Å². The number of benzene rings is 1. The molecule has 0 radical (unpaired) electrons. The Labute approximate surface area is 145 Å². The van der Waals surface area contributed by atoms with Crippen LogP contribution in [0.3, 0.4) is 0 Å². The van der Waals surface area contributed by atoms with Gasteiger partial charge in [-0.2, -0.15) is 0 Å². The van der Waals surface area contributed by atoms with Crippen molar-refractivity contribution in [1.82, 2.24) is 9.88 Å². The third-order valence-corrected chi connectivity index (χ3v) is 4.58. The molecule has 2 heterocycles. The highest BCUT2D eigenvalue weighted by molar-refractivity contribution is 7.13. The van der Waals surface area contributed by atoms with Crippen LogP contribution in [0.5, 0.6) is 5.75 Å². The molecule has 6 nitrogen and oxygen atoms in total. The van der Waals surface area contributed by atoms with E-state index in [9.17, 15) is 4.79 Å². The Morgan fingerprint density at radius 1 is 1.46 bits per heavy atom. The zero-order valence-corrected chi connectivity index (χ0v) is 14.4. The van der Waals surface area contributed by atoms with Crippen LogP contribution in [0, 0.1) is 0 Å². The maximum absolute atomic E-state index is 12.7. The van der Waals surface area contributed by atoms with Crippen LogP contribution in [-0.4, -0.2) is 61.8 Å². The molecule has 0 N–H and O–H groups in total. The van der Waals surface area contributed by atoms with Gasteiger partial charge in [0.25, 0.3) is 5.91 Å². The van der Waals surface area contributed by atoms with E-state index >= 15 is 0 Å². The molecule has 1 atom stereocenters. The van der Waals surface area contributed by atoms with Gasteiger partial charge in [-0.1, -0.05) is 18.2 Å². The Hall–Kier alpha value is -1.96. The molecule has 1 aromatic heterocycles. The van der Waals surface area contributed by atoms with Crippen molar-refractivity contribution in [2.24, 2.45) is 0 Å². The number of thiazole rings is 1. The molecule has 0 aliphatic carbocycles. The zero-order valence-electron chi connectivity index (χ0n) is 13.6. The highest BCUT2D eigenvalue weighted by atomic mass is 32.1. The number of para-hydroxylation sites is 1. The largest absolute Gasteiger partial charge is 0.484 e. The average molecular weight is 347 g/mol. The molecule has 1 amide bonds. The highest BCUT2D eigenvalue weighted by Crippen LogP contribution is 2.20. The summed E-state index contributed by atoms with van der Waals surface area (Å²) in [4.78, 5) is 20.8. The second kappa shape index (κ2) is 8.23. The molecule has 0 spiro atoms. The molecular weight excluding hydrogens is 326 g/mol. The summed E-state index contributed by atoms with van der Waals surface area (Å²) in [6.45, 7) is 2.86. The molecule has 0 saturated carbocycles. The van der Waals surface area contributed by atoms with E-state index in [-0.39, 0.29) is 18.6 Å². The molecular formula is C17H21N3O3S. The van der Waals surface area contributed by atoms with Gasteiger partial charge in [0.05, 0.1) is 19.3 Å². The predicted octanol–water partition coefficient (Wildman–Crippen LogP) is 1.89. The van der Waals surface area contributed by atoms with Crippen LogP contribution in [0.1, 0.15) is 0 Å². The number of rotatable bonds is 6. The highest BCUT2D eigenvalue weighted by Gasteiger charge is 2.26. The lowest BCUT2D eigenvalue weighted by Crippen LogP contribution is -2.48. The van der Waals surface area contributed by atoms with Gasteiger partial charge in [-0.25, -0.2) is 4.98 Å². The van der Waals surface area contributed by atoms with Crippen molar-refractivity contribution in [3.8, 4) is 5.75 Å². The molecule has 24 heavy (non-hydrogen) atoms. The number of carbonyl (C=O) groups is 1. The first-order valence-electron chi connectivity index (χ1n) is 7.90. The van der Waals surface area contributed by atoms with Crippen molar-refractivity contribution in [3.63, 3.8) is 0 Å². The summed E-state index contributed by atoms with van der Waals surface area (Å²) in [5.41, 5.74) is 0. The lowest BCUT2D eigenvalue weighted by molar-refractivity contribution is -0.121. The van der Waals surface area contributed by atoms with E-state index in [0.29, 0.717) is 24.0 Å². The molecule has 128 valence electrons. The third kappa shape index (κ3) is 4.53. The van der Waals surface area contributed by atoms with E-state index < -0.39 is 0 Å². The van der Waals surface area contributed by atoms with Gasteiger partial charge in [-0.3, -0.25) is 9.69 Å². The SMILES string of the molecule is CN1CCO[C@@H](CN(C(=O)COc2ccccc2)c2nccs2)C1. The quantitative estimate of drug-likeness (QED) is 0.799. The number of hydrogen-bond donors (Lipinski definition) is 0. The molecule has 1 aromatic carbocycles. The number of morpholine rings is 1. The molecule has 1 fully saturated rings. The number of hydrogen-bond acceptors (Lipinski definition) is 6. The second-order valence-electron chi connectivity index (χ2n) is 5.68. The summed E-state index contributed by atoms with van der Waals surface area (Å²) in [6.07, 6.45) is 1.68.